The molecule has 0 saturated carbocycles. The van der Waals surface area contributed by atoms with E-state index in [4.69, 9.17) is 4.74 Å². The zero-order chi connectivity index (χ0) is 32.3. The van der Waals surface area contributed by atoms with Crippen LogP contribution in [0.15, 0.2) is 42.7 Å². The summed E-state index contributed by atoms with van der Waals surface area (Å²) in [6.07, 6.45) is -6.09. The van der Waals surface area contributed by atoms with Gasteiger partial charge in [-0.25, -0.2) is 4.39 Å². The molecule has 0 bridgehead atoms. The molecule has 3 aliphatic rings. The normalized spacial score (nSPS) is 21.4. The molecule has 6 rings (SSSR count). The van der Waals surface area contributed by atoms with Crippen LogP contribution in [0.2, 0.25) is 0 Å². The first-order valence-corrected chi connectivity index (χ1v) is 14.8. The van der Waals surface area contributed by atoms with Crippen molar-refractivity contribution in [3.05, 3.63) is 76.4 Å². The van der Waals surface area contributed by atoms with Crippen molar-refractivity contribution in [1.82, 2.24) is 24.6 Å². The van der Waals surface area contributed by atoms with Crippen LogP contribution in [0.4, 0.5) is 32.0 Å². The number of likely N-dealkylation sites (N-methyl/N-ethyl adjacent to an activating group) is 1. The van der Waals surface area contributed by atoms with E-state index in [9.17, 15) is 26.7 Å². The molecule has 8 nitrogen and oxygen atoms in total. The van der Waals surface area contributed by atoms with Gasteiger partial charge in [0.05, 0.1) is 30.7 Å². The number of benzene rings is 2. The van der Waals surface area contributed by atoms with Crippen LogP contribution in [-0.2, 0) is 29.4 Å². The maximum absolute atomic E-state index is 16.2. The van der Waals surface area contributed by atoms with Gasteiger partial charge in [-0.2, -0.15) is 22.0 Å². The standard InChI is InChI=1S/C31H34F6N6O2/c1-18(2)25-14-40(3)8-9-41(25)12-19-10-20-21(23(11-19)31(35,36)37)13-42(28(20)44)24-7-5-4-6-22(24)30(15-45-16-30)26(32)27-39-38-17-43(27)29(33)34/h4-7,10-11,17-18,25-26,29H,8-9,12-16H2,1-3H3/t25?,26-/m0/s1. The minimum Gasteiger partial charge on any atom is -0.379 e. The highest BCUT2D eigenvalue weighted by Crippen LogP contribution is 2.50. The largest absolute Gasteiger partial charge is 0.416 e. The lowest BCUT2D eigenvalue weighted by atomic mass is 9.73. The lowest BCUT2D eigenvalue weighted by Crippen LogP contribution is -2.53. The summed E-state index contributed by atoms with van der Waals surface area (Å²) in [6, 6.07) is 9.05. The smallest absolute Gasteiger partial charge is 0.379 e. The Bertz CT molecular complexity index is 1570. The Morgan fingerprint density at radius 1 is 1.09 bits per heavy atom. The van der Waals surface area contributed by atoms with Crippen LogP contribution >= 0.6 is 0 Å². The molecule has 2 atom stereocenters. The molecule has 2 aromatic carbocycles. The van der Waals surface area contributed by atoms with E-state index in [0.717, 1.165) is 25.5 Å². The van der Waals surface area contributed by atoms with Gasteiger partial charge in [-0.15, -0.1) is 10.2 Å². The fourth-order valence-corrected chi connectivity index (χ4v) is 6.78. The molecule has 1 unspecified atom stereocenters. The third-order valence-electron chi connectivity index (χ3n) is 9.27. The Kier molecular flexibility index (Phi) is 8.19. The summed E-state index contributed by atoms with van der Waals surface area (Å²) in [5.41, 5.74) is -1.79. The van der Waals surface area contributed by atoms with Crippen molar-refractivity contribution in [2.45, 2.75) is 57.3 Å². The zero-order valence-corrected chi connectivity index (χ0v) is 25.1. The van der Waals surface area contributed by atoms with Crippen LogP contribution < -0.4 is 4.90 Å². The molecular weight excluding hydrogens is 602 g/mol. The summed E-state index contributed by atoms with van der Waals surface area (Å²) in [5, 5.41) is 7.04. The SMILES string of the molecule is CC(C)C1CN(C)CCN1Cc1cc2c(c(C(F)(F)F)c1)CN(c1ccccc1C1([C@@H](F)c3nncn3C(F)F)COC1)C2=O. The lowest BCUT2D eigenvalue weighted by Gasteiger charge is -2.45. The third kappa shape index (κ3) is 5.50. The summed E-state index contributed by atoms with van der Waals surface area (Å²) in [5.74, 6) is -0.980. The van der Waals surface area contributed by atoms with Crippen molar-refractivity contribution in [1.29, 1.82) is 0 Å². The minimum atomic E-state index is -4.72. The number of piperazine rings is 1. The summed E-state index contributed by atoms with van der Waals surface area (Å²) < 4.78 is 92.6. The number of amides is 1. The van der Waals surface area contributed by atoms with Gasteiger partial charge in [-0.3, -0.25) is 14.3 Å². The fourth-order valence-electron chi connectivity index (χ4n) is 6.78. The summed E-state index contributed by atoms with van der Waals surface area (Å²) in [4.78, 5) is 19.5. The van der Waals surface area contributed by atoms with Gasteiger partial charge in [-0.05, 0) is 47.9 Å². The quantitative estimate of drug-likeness (QED) is 0.300. The predicted octanol–water partition coefficient (Wildman–Crippen LogP) is 5.60. The highest BCUT2D eigenvalue weighted by Gasteiger charge is 2.53. The second-order valence-electron chi connectivity index (χ2n) is 12.5. The van der Waals surface area contributed by atoms with Crippen molar-refractivity contribution in [2.75, 3.05) is 44.8 Å². The van der Waals surface area contributed by atoms with Gasteiger partial charge in [0.1, 0.15) is 6.33 Å². The van der Waals surface area contributed by atoms with Gasteiger partial charge in [0.15, 0.2) is 12.0 Å². The predicted molar refractivity (Wildman–Crippen MR) is 153 cm³/mol. The summed E-state index contributed by atoms with van der Waals surface area (Å²) in [6.45, 7) is 2.76. The van der Waals surface area contributed by atoms with E-state index in [2.05, 4.69) is 33.8 Å². The van der Waals surface area contributed by atoms with Crippen molar-refractivity contribution in [2.24, 2.45) is 5.92 Å². The molecule has 14 heteroatoms. The van der Waals surface area contributed by atoms with Gasteiger partial charge in [0.2, 0.25) is 0 Å². The number of carbonyl (C=O) groups is 1. The molecule has 0 radical (unpaired) electrons. The highest BCUT2D eigenvalue weighted by molar-refractivity contribution is 6.11. The number of anilines is 1. The molecule has 0 spiro atoms. The van der Waals surface area contributed by atoms with E-state index in [1.54, 1.807) is 18.2 Å². The van der Waals surface area contributed by atoms with E-state index < -0.39 is 41.6 Å². The number of halogens is 6. The van der Waals surface area contributed by atoms with E-state index in [-0.39, 0.29) is 60.6 Å². The molecular formula is C31H34F6N6O2. The number of carbonyl (C=O) groups excluding carboxylic acids is 1. The topological polar surface area (TPSA) is 66.7 Å². The van der Waals surface area contributed by atoms with Gasteiger partial charge in [-0.1, -0.05) is 32.0 Å². The highest BCUT2D eigenvalue weighted by atomic mass is 19.4. The van der Waals surface area contributed by atoms with Crippen LogP contribution in [0.5, 0.6) is 0 Å². The van der Waals surface area contributed by atoms with Crippen molar-refractivity contribution < 1.29 is 35.9 Å². The fraction of sp³-hybridized carbons (Fsp3) is 0.516. The monoisotopic (exact) mass is 636 g/mol. The first kappa shape index (κ1) is 31.5. The molecule has 0 N–H and O–H groups in total. The average molecular weight is 637 g/mol. The second kappa shape index (κ2) is 11.7. The van der Waals surface area contributed by atoms with Crippen LogP contribution in [0.3, 0.4) is 0 Å². The third-order valence-corrected chi connectivity index (χ3v) is 9.27. The van der Waals surface area contributed by atoms with Crippen molar-refractivity contribution in [3.8, 4) is 0 Å². The first-order chi connectivity index (χ1) is 21.3. The number of rotatable bonds is 8. The Labute approximate surface area is 256 Å². The molecule has 242 valence electrons. The molecule has 3 aliphatic heterocycles. The number of ether oxygens (including phenoxy) is 1. The number of nitrogens with zero attached hydrogens (tertiary/aromatic N) is 6. The zero-order valence-electron chi connectivity index (χ0n) is 25.1. The Morgan fingerprint density at radius 3 is 2.47 bits per heavy atom. The lowest BCUT2D eigenvalue weighted by molar-refractivity contribution is -0.138. The minimum absolute atomic E-state index is 0.0574. The maximum atomic E-state index is 16.2. The van der Waals surface area contributed by atoms with Gasteiger partial charge < -0.3 is 14.5 Å². The molecule has 4 heterocycles. The van der Waals surface area contributed by atoms with E-state index >= 15 is 4.39 Å². The molecule has 1 amide bonds. The average Bonchev–Trinajstić information content (AvgIpc) is 3.58. The van der Waals surface area contributed by atoms with Gasteiger partial charge in [0, 0.05) is 43.5 Å². The van der Waals surface area contributed by atoms with E-state index in [0.29, 0.717) is 16.7 Å². The van der Waals surface area contributed by atoms with Crippen LogP contribution in [0, 0.1) is 5.92 Å². The van der Waals surface area contributed by atoms with E-state index in [1.807, 2.05) is 7.05 Å². The number of fused-ring (bicyclic) bond motifs is 1. The Morgan fingerprint density at radius 2 is 1.82 bits per heavy atom. The van der Waals surface area contributed by atoms with Crippen LogP contribution in [0.25, 0.3) is 0 Å². The molecule has 0 aliphatic carbocycles. The maximum Gasteiger partial charge on any atom is 0.416 e. The van der Waals surface area contributed by atoms with Gasteiger partial charge >= 0.3 is 12.7 Å². The summed E-state index contributed by atoms with van der Waals surface area (Å²) >= 11 is 0. The Balaban J connectivity index is 1.37. The molecule has 1 aromatic heterocycles. The molecule has 2 fully saturated rings. The molecule has 3 aromatic rings. The first-order valence-electron chi connectivity index (χ1n) is 14.8. The Hall–Kier alpha value is -3.49. The number of hydrogen-bond donors (Lipinski definition) is 0. The molecule has 2 saturated heterocycles. The van der Waals surface area contributed by atoms with Crippen molar-refractivity contribution >= 4 is 11.6 Å². The number of hydrogen-bond acceptors (Lipinski definition) is 6. The van der Waals surface area contributed by atoms with Crippen molar-refractivity contribution in [3.63, 3.8) is 0 Å². The van der Waals surface area contributed by atoms with Crippen LogP contribution in [-0.4, -0.2) is 76.4 Å². The summed E-state index contributed by atoms with van der Waals surface area (Å²) in [7, 11) is 2.02. The second-order valence-corrected chi connectivity index (χ2v) is 12.5. The van der Waals surface area contributed by atoms with Gasteiger partial charge in [0.25, 0.3) is 5.91 Å². The number of aromatic nitrogens is 3. The van der Waals surface area contributed by atoms with E-state index in [1.165, 1.54) is 17.0 Å². The number of alkyl halides is 6. The van der Waals surface area contributed by atoms with Crippen LogP contribution in [0.1, 0.15) is 65.0 Å². The number of para-hydroxylation sites is 1. The molecule has 45 heavy (non-hydrogen) atoms.